The third-order valence-corrected chi connectivity index (χ3v) is 3.26. The summed E-state index contributed by atoms with van der Waals surface area (Å²) in [5, 5.41) is 3.75. The molecule has 2 rings (SSSR count). The Hall–Kier alpha value is -0.800. The van der Waals surface area contributed by atoms with Crippen LogP contribution in [0.5, 0.6) is 0 Å². The van der Waals surface area contributed by atoms with Crippen molar-refractivity contribution in [1.82, 2.24) is 5.32 Å². The number of nitrogens with one attached hydrogen (secondary N) is 1. The largest absolute Gasteiger partial charge is 0.369 e. The van der Waals surface area contributed by atoms with E-state index in [1.165, 1.54) is 6.07 Å². The van der Waals surface area contributed by atoms with Crippen LogP contribution in [0, 0.1) is 11.7 Å². The van der Waals surface area contributed by atoms with E-state index in [1.54, 1.807) is 12.1 Å². The third-order valence-electron chi connectivity index (χ3n) is 3.03. The number of halogens is 2. The van der Waals surface area contributed by atoms with E-state index in [2.05, 4.69) is 10.2 Å². The van der Waals surface area contributed by atoms with E-state index in [0.717, 1.165) is 26.1 Å². The maximum absolute atomic E-state index is 13.6. The van der Waals surface area contributed by atoms with Crippen molar-refractivity contribution < 1.29 is 4.39 Å². The van der Waals surface area contributed by atoms with Crippen molar-refractivity contribution >= 4 is 17.3 Å². The predicted molar refractivity (Wildman–Crippen MR) is 65.7 cm³/mol. The first kappa shape index (κ1) is 11.7. The van der Waals surface area contributed by atoms with Gasteiger partial charge in [0.15, 0.2) is 0 Å². The molecule has 1 aromatic rings. The minimum atomic E-state index is -0.186. The maximum atomic E-state index is 13.6. The average molecular weight is 243 g/mol. The molecule has 1 heterocycles. The molecule has 0 aromatic heterocycles. The highest BCUT2D eigenvalue weighted by Gasteiger charge is 2.23. The molecule has 1 unspecified atom stereocenters. The van der Waals surface area contributed by atoms with Crippen LogP contribution < -0.4 is 10.2 Å². The third kappa shape index (κ3) is 2.47. The molecule has 2 nitrogen and oxygen atoms in total. The van der Waals surface area contributed by atoms with E-state index in [9.17, 15) is 4.39 Å². The van der Waals surface area contributed by atoms with Crippen molar-refractivity contribution in [3.63, 3.8) is 0 Å². The summed E-state index contributed by atoms with van der Waals surface area (Å²) in [6, 6.07) is 4.73. The molecule has 0 saturated carbocycles. The van der Waals surface area contributed by atoms with E-state index < -0.39 is 0 Å². The predicted octanol–water partition coefficient (Wildman–Crippen LogP) is 2.52. The number of hydrogen-bond acceptors (Lipinski definition) is 2. The van der Waals surface area contributed by atoms with Crippen LogP contribution in [0.3, 0.4) is 0 Å². The quantitative estimate of drug-likeness (QED) is 0.876. The van der Waals surface area contributed by atoms with E-state index in [4.69, 9.17) is 11.6 Å². The molecular weight excluding hydrogens is 227 g/mol. The Bertz CT molecular complexity index is 370. The molecule has 1 aromatic carbocycles. The van der Waals surface area contributed by atoms with Crippen LogP contribution >= 0.6 is 11.6 Å². The van der Waals surface area contributed by atoms with Gasteiger partial charge in [-0.15, -0.1) is 0 Å². The van der Waals surface area contributed by atoms with Gasteiger partial charge in [-0.2, -0.15) is 0 Å². The van der Waals surface area contributed by atoms with Crippen molar-refractivity contribution in [1.29, 1.82) is 0 Å². The van der Waals surface area contributed by atoms with Crippen LogP contribution in [0.1, 0.15) is 6.42 Å². The summed E-state index contributed by atoms with van der Waals surface area (Å²) in [6.07, 6.45) is 1.10. The topological polar surface area (TPSA) is 15.3 Å². The number of anilines is 1. The Morgan fingerprint density at radius 3 is 3.12 bits per heavy atom. The van der Waals surface area contributed by atoms with Crippen LogP contribution in [0.2, 0.25) is 5.02 Å². The second-order valence-electron chi connectivity index (χ2n) is 4.25. The highest BCUT2D eigenvalue weighted by atomic mass is 35.5. The fraction of sp³-hybridized carbons (Fsp3) is 0.500. The highest BCUT2D eigenvalue weighted by molar-refractivity contribution is 6.30. The van der Waals surface area contributed by atoms with Gasteiger partial charge in [-0.1, -0.05) is 11.6 Å². The molecule has 4 heteroatoms. The van der Waals surface area contributed by atoms with Gasteiger partial charge in [0.1, 0.15) is 5.82 Å². The summed E-state index contributed by atoms with van der Waals surface area (Å²) in [5.41, 5.74) is 0.631. The Morgan fingerprint density at radius 1 is 1.56 bits per heavy atom. The summed E-state index contributed by atoms with van der Waals surface area (Å²) < 4.78 is 13.6. The van der Waals surface area contributed by atoms with Gasteiger partial charge >= 0.3 is 0 Å². The number of hydrogen-bond donors (Lipinski definition) is 1. The van der Waals surface area contributed by atoms with Gasteiger partial charge in [0, 0.05) is 18.1 Å². The molecule has 1 N–H and O–H groups in total. The molecule has 1 atom stereocenters. The number of nitrogens with zero attached hydrogens (tertiary/aromatic N) is 1. The van der Waals surface area contributed by atoms with Crippen LogP contribution in [-0.2, 0) is 0 Å². The van der Waals surface area contributed by atoms with Crippen LogP contribution in [0.4, 0.5) is 10.1 Å². The van der Waals surface area contributed by atoms with Gasteiger partial charge in [-0.3, -0.25) is 0 Å². The summed E-state index contributed by atoms with van der Waals surface area (Å²) in [4.78, 5) is 2.07. The van der Waals surface area contributed by atoms with Crippen molar-refractivity contribution in [3.8, 4) is 0 Å². The van der Waals surface area contributed by atoms with Crippen molar-refractivity contribution in [2.45, 2.75) is 6.42 Å². The lowest BCUT2D eigenvalue weighted by Crippen LogP contribution is -2.24. The molecule has 0 aliphatic carbocycles. The fourth-order valence-electron chi connectivity index (χ4n) is 2.23. The van der Waals surface area contributed by atoms with Crippen molar-refractivity contribution in [2.24, 2.45) is 5.92 Å². The van der Waals surface area contributed by atoms with Crippen LogP contribution in [0.15, 0.2) is 18.2 Å². The molecule has 0 spiro atoms. The Morgan fingerprint density at radius 2 is 2.38 bits per heavy atom. The summed E-state index contributed by atoms with van der Waals surface area (Å²) in [5.74, 6) is 0.415. The van der Waals surface area contributed by atoms with Gasteiger partial charge in [0.05, 0.1) is 5.69 Å². The fourth-order valence-corrected chi connectivity index (χ4v) is 2.40. The lowest BCUT2D eigenvalue weighted by molar-refractivity contribution is 0.548. The maximum Gasteiger partial charge on any atom is 0.146 e. The molecule has 16 heavy (non-hydrogen) atoms. The second kappa shape index (κ2) is 5.02. The van der Waals surface area contributed by atoms with E-state index in [1.807, 2.05) is 7.05 Å². The highest BCUT2D eigenvalue weighted by Crippen LogP contribution is 2.28. The second-order valence-corrected chi connectivity index (χ2v) is 4.69. The zero-order valence-corrected chi connectivity index (χ0v) is 10.1. The first-order valence-corrected chi connectivity index (χ1v) is 5.93. The van der Waals surface area contributed by atoms with Gasteiger partial charge in [0.2, 0.25) is 0 Å². The smallest absolute Gasteiger partial charge is 0.146 e. The van der Waals surface area contributed by atoms with E-state index in [-0.39, 0.29) is 5.82 Å². The minimum absolute atomic E-state index is 0.186. The van der Waals surface area contributed by atoms with E-state index >= 15 is 0 Å². The SMILES string of the molecule is CNCC1CCN(c2cc(Cl)ccc2F)C1. The van der Waals surface area contributed by atoms with E-state index in [0.29, 0.717) is 16.6 Å². The molecule has 1 aliphatic heterocycles. The minimum Gasteiger partial charge on any atom is -0.369 e. The molecular formula is C12H16ClFN2. The standard InChI is InChI=1S/C12H16ClFN2/c1-15-7-9-4-5-16(8-9)12-6-10(13)2-3-11(12)14/h2-3,6,9,15H,4-5,7-8H2,1H3. The Kier molecular flexibility index (Phi) is 3.66. The molecule has 0 radical (unpaired) electrons. The summed E-state index contributed by atoms with van der Waals surface area (Å²) in [7, 11) is 1.95. The molecule has 1 fully saturated rings. The molecule has 1 aliphatic rings. The zero-order chi connectivity index (χ0) is 11.5. The average Bonchev–Trinajstić information content (AvgIpc) is 2.71. The lowest BCUT2D eigenvalue weighted by atomic mass is 10.1. The van der Waals surface area contributed by atoms with Crippen molar-refractivity contribution in [2.75, 3.05) is 31.6 Å². The first-order chi connectivity index (χ1) is 7.70. The Labute approximate surface area is 100 Å². The van der Waals surface area contributed by atoms with Crippen LogP contribution in [0.25, 0.3) is 0 Å². The number of rotatable bonds is 3. The molecule has 0 bridgehead atoms. The summed E-state index contributed by atoms with van der Waals surface area (Å²) in [6.45, 7) is 2.79. The summed E-state index contributed by atoms with van der Waals surface area (Å²) >= 11 is 5.89. The van der Waals surface area contributed by atoms with Gasteiger partial charge in [-0.05, 0) is 44.1 Å². The zero-order valence-electron chi connectivity index (χ0n) is 9.34. The lowest BCUT2D eigenvalue weighted by Gasteiger charge is -2.19. The van der Waals surface area contributed by atoms with Gasteiger partial charge in [0.25, 0.3) is 0 Å². The monoisotopic (exact) mass is 242 g/mol. The van der Waals surface area contributed by atoms with Gasteiger partial charge in [-0.25, -0.2) is 4.39 Å². The van der Waals surface area contributed by atoms with Gasteiger partial charge < -0.3 is 10.2 Å². The normalized spacial score (nSPS) is 20.4. The Balaban J connectivity index is 2.11. The van der Waals surface area contributed by atoms with Crippen LogP contribution in [-0.4, -0.2) is 26.7 Å². The molecule has 88 valence electrons. The number of benzene rings is 1. The molecule has 1 saturated heterocycles. The molecule has 0 amide bonds. The van der Waals surface area contributed by atoms with Crippen molar-refractivity contribution in [3.05, 3.63) is 29.0 Å². The first-order valence-electron chi connectivity index (χ1n) is 5.55.